The number of hydrogen-bond donors (Lipinski definition) is 2. The fourth-order valence-corrected chi connectivity index (χ4v) is 2.97. The molecule has 106 valence electrons. The molecule has 0 spiro atoms. The Morgan fingerprint density at radius 1 is 1.53 bits per heavy atom. The number of halogens is 2. The van der Waals surface area contributed by atoms with Crippen LogP contribution in [0.5, 0.6) is 0 Å². The van der Waals surface area contributed by atoms with Gasteiger partial charge in [0.1, 0.15) is 5.82 Å². The maximum Gasteiger partial charge on any atom is 0.124 e. The molecule has 1 heterocycles. The average molecular weight is 331 g/mol. The lowest BCUT2D eigenvalue weighted by Crippen LogP contribution is -2.37. The van der Waals surface area contributed by atoms with Gasteiger partial charge in [0.25, 0.3) is 0 Å². The van der Waals surface area contributed by atoms with Gasteiger partial charge in [0, 0.05) is 17.1 Å². The van der Waals surface area contributed by atoms with Crippen LogP contribution in [-0.2, 0) is 11.2 Å². The van der Waals surface area contributed by atoms with Gasteiger partial charge in [0.05, 0.1) is 6.10 Å². The first kappa shape index (κ1) is 14.9. The van der Waals surface area contributed by atoms with E-state index in [4.69, 9.17) is 10.6 Å². The van der Waals surface area contributed by atoms with Crippen LogP contribution >= 0.6 is 15.9 Å². The molecule has 0 aromatic heterocycles. The van der Waals surface area contributed by atoms with E-state index in [1.54, 1.807) is 6.07 Å². The number of benzene rings is 1. The first-order valence-corrected chi connectivity index (χ1v) is 7.50. The van der Waals surface area contributed by atoms with Gasteiger partial charge in [-0.05, 0) is 49.8 Å². The summed E-state index contributed by atoms with van der Waals surface area (Å²) in [6.45, 7) is 0.884. The van der Waals surface area contributed by atoms with Crippen LogP contribution < -0.4 is 11.3 Å². The standard InChI is InChI=1S/C14H20BrFN2O/c15-14-9-11(16)4-3-10(14)8-12(18-17)5-6-13-2-1-7-19-13/h3-4,9,12-13,18H,1-2,5-8,17H2. The third kappa shape index (κ3) is 4.53. The minimum Gasteiger partial charge on any atom is -0.378 e. The predicted octanol–water partition coefficient (Wildman–Crippen LogP) is 2.92. The smallest absolute Gasteiger partial charge is 0.124 e. The highest BCUT2D eigenvalue weighted by Crippen LogP contribution is 2.22. The first-order chi connectivity index (χ1) is 9.19. The van der Waals surface area contributed by atoms with Crippen LogP contribution in [0.4, 0.5) is 4.39 Å². The fraction of sp³-hybridized carbons (Fsp3) is 0.571. The van der Waals surface area contributed by atoms with E-state index in [0.29, 0.717) is 6.10 Å². The molecule has 3 nitrogen and oxygen atoms in total. The molecule has 0 radical (unpaired) electrons. The minimum atomic E-state index is -0.229. The summed E-state index contributed by atoms with van der Waals surface area (Å²) in [7, 11) is 0. The van der Waals surface area contributed by atoms with Crippen molar-refractivity contribution in [2.45, 2.75) is 44.2 Å². The summed E-state index contributed by atoms with van der Waals surface area (Å²) in [5.74, 6) is 5.38. The number of nitrogens with one attached hydrogen (secondary N) is 1. The Morgan fingerprint density at radius 2 is 2.37 bits per heavy atom. The van der Waals surface area contributed by atoms with Crippen molar-refractivity contribution in [2.24, 2.45) is 5.84 Å². The van der Waals surface area contributed by atoms with Gasteiger partial charge in [-0.2, -0.15) is 0 Å². The van der Waals surface area contributed by atoms with Crippen molar-refractivity contribution in [2.75, 3.05) is 6.61 Å². The van der Waals surface area contributed by atoms with Crippen molar-refractivity contribution in [1.29, 1.82) is 0 Å². The number of rotatable bonds is 6. The zero-order chi connectivity index (χ0) is 13.7. The quantitative estimate of drug-likeness (QED) is 0.622. The molecule has 0 bridgehead atoms. The second kappa shape index (κ2) is 7.33. The van der Waals surface area contributed by atoms with E-state index in [1.165, 1.54) is 12.1 Å². The van der Waals surface area contributed by atoms with Crippen LogP contribution in [-0.4, -0.2) is 18.8 Å². The van der Waals surface area contributed by atoms with E-state index in [2.05, 4.69) is 21.4 Å². The molecule has 1 aliphatic rings. The minimum absolute atomic E-state index is 0.186. The van der Waals surface area contributed by atoms with Gasteiger partial charge in [-0.15, -0.1) is 0 Å². The molecular formula is C14H20BrFN2O. The number of hydrogen-bond acceptors (Lipinski definition) is 3. The maximum atomic E-state index is 13.0. The van der Waals surface area contributed by atoms with E-state index < -0.39 is 0 Å². The molecule has 19 heavy (non-hydrogen) atoms. The van der Waals surface area contributed by atoms with Gasteiger partial charge >= 0.3 is 0 Å². The van der Waals surface area contributed by atoms with Crippen molar-refractivity contribution in [3.05, 3.63) is 34.1 Å². The lowest BCUT2D eigenvalue weighted by Gasteiger charge is -2.18. The van der Waals surface area contributed by atoms with E-state index in [0.717, 1.165) is 48.7 Å². The van der Waals surface area contributed by atoms with Crippen molar-refractivity contribution < 1.29 is 9.13 Å². The Hall–Kier alpha value is -0.490. The number of nitrogens with two attached hydrogens (primary N) is 1. The van der Waals surface area contributed by atoms with Crippen LogP contribution in [0.15, 0.2) is 22.7 Å². The zero-order valence-corrected chi connectivity index (χ0v) is 12.5. The second-order valence-electron chi connectivity index (χ2n) is 5.02. The second-order valence-corrected chi connectivity index (χ2v) is 5.87. The lowest BCUT2D eigenvalue weighted by atomic mass is 10.00. The summed E-state index contributed by atoms with van der Waals surface area (Å²) < 4.78 is 19.4. The van der Waals surface area contributed by atoms with E-state index in [1.807, 2.05) is 0 Å². The molecule has 1 fully saturated rings. The molecule has 5 heteroatoms. The first-order valence-electron chi connectivity index (χ1n) is 6.70. The Morgan fingerprint density at radius 3 is 3.00 bits per heavy atom. The third-order valence-corrected chi connectivity index (χ3v) is 4.32. The average Bonchev–Trinajstić information content (AvgIpc) is 2.90. The largest absolute Gasteiger partial charge is 0.378 e. The zero-order valence-electron chi connectivity index (χ0n) is 10.9. The molecule has 1 saturated heterocycles. The van der Waals surface area contributed by atoms with Gasteiger partial charge in [0.15, 0.2) is 0 Å². The van der Waals surface area contributed by atoms with Crippen LogP contribution in [0.1, 0.15) is 31.2 Å². The molecule has 2 unspecified atom stereocenters. The van der Waals surface area contributed by atoms with Crippen molar-refractivity contribution >= 4 is 15.9 Å². The summed E-state index contributed by atoms with van der Waals surface area (Å²) in [4.78, 5) is 0. The van der Waals surface area contributed by atoms with Gasteiger partial charge < -0.3 is 4.74 Å². The molecule has 2 rings (SSSR count). The molecular weight excluding hydrogens is 311 g/mol. The number of hydrazine groups is 1. The highest BCUT2D eigenvalue weighted by molar-refractivity contribution is 9.10. The van der Waals surface area contributed by atoms with E-state index in [-0.39, 0.29) is 11.9 Å². The summed E-state index contributed by atoms with van der Waals surface area (Å²) in [5, 5.41) is 0. The van der Waals surface area contributed by atoms with Crippen LogP contribution in [0.3, 0.4) is 0 Å². The predicted molar refractivity (Wildman–Crippen MR) is 77.1 cm³/mol. The van der Waals surface area contributed by atoms with Crippen molar-refractivity contribution in [1.82, 2.24) is 5.43 Å². The van der Waals surface area contributed by atoms with Crippen LogP contribution in [0, 0.1) is 5.82 Å². The van der Waals surface area contributed by atoms with Crippen molar-refractivity contribution in [3.8, 4) is 0 Å². The lowest BCUT2D eigenvalue weighted by molar-refractivity contribution is 0.0996. The Bertz CT molecular complexity index is 410. The molecule has 1 aliphatic heterocycles. The van der Waals surface area contributed by atoms with E-state index in [9.17, 15) is 4.39 Å². The Labute approximate surface area is 121 Å². The van der Waals surface area contributed by atoms with Crippen LogP contribution in [0.25, 0.3) is 0 Å². The van der Waals surface area contributed by atoms with Crippen LogP contribution in [0.2, 0.25) is 0 Å². The molecule has 0 aliphatic carbocycles. The molecule has 2 atom stereocenters. The highest BCUT2D eigenvalue weighted by Gasteiger charge is 2.18. The van der Waals surface area contributed by atoms with Gasteiger partial charge in [-0.1, -0.05) is 22.0 Å². The Kier molecular flexibility index (Phi) is 5.76. The summed E-state index contributed by atoms with van der Waals surface area (Å²) >= 11 is 3.39. The van der Waals surface area contributed by atoms with Crippen molar-refractivity contribution in [3.63, 3.8) is 0 Å². The van der Waals surface area contributed by atoms with E-state index >= 15 is 0 Å². The molecule has 0 saturated carbocycles. The topological polar surface area (TPSA) is 47.3 Å². The summed E-state index contributed by atoms with van der Waals surface area (Å²) in [5.41, 5.74) is 3.91. The SMILES string of the molecule is NNC(CCC1CCCO1)Cc1ccc(F)cc1Br. The third-order valence-electron chi connectivity index (χ3n) is 3.58. The summed E-state index contributed by atoms with van der Waals surface area (Å²) in [6.07, 6.45) is 5.46. The number of ether oxygens (including phenoxy) is 1. The molecule has 0 amide bonds. The fourth-order valence-electron chi connectivity index (χ4n) is 2.46. The Balaban J connectivity index is 1.86. The monoisotopic (exact) mass is 330 g/mol. The normalized spacial score (nSPS) is 20.7. The van der Waals surface area contributed by atoms with Gasteiger partial charge in [0.2, 0.25) is 0 Å². The van der Waals surface area contributed by atoms with Gasteiger partial charge in [-0.25, -0.2) is 4.39 Å². The molecule has 3 N–H and O–H groups in total. The van der Waals surface area contributed by atoms with Gasteiger partial charge in [-0.3, -0.25) is 11.3 Å². The highest BCUT2D eigenvalue weighted by atomic mass is 79.9. The summed E-state index contributed by atoms with van der Waals surface area (Å²) in [6, 6.07) is 4.96. The maximum absolute atomic E-state index is 13.0. The molecule has 1 aromatic rings. The molecule has 1 aromatic carbocycles.